The zero-order valence-corrected chi connectivity index (χ0v) is 17.0. The number of nitrogens with one attached hydrogen (secondary N) is 1. The van der Waals surface area contributed by atoms with Crippen molar-refractivity contribution in [3.63, 3.8) is 0 Å². The van der Waals surface area contributed by atoms with Crippen LogP contribution in [0.5, 0.6) is 0 Å². The highest BCUT2D eigenvalue weighted by Crippen LogP contribution is 2.34. The Morgan fingerprint density at radius 1 is 1.18 bits per heavy atom. The van der Waals surface area contributed by atoms with E-state index in [1.807, 2.05) is 18.2 Å². The number of imide groups is 1. The quantitative estimate of drug-likeness (QED) is 0.390. The topological polar surface area (TPSA) is 83.6 Å². The average molecular weight is 403 g/mol. The molecule has 1 N–H and O–H groups in total. The first kappa shape index (κ1) is 20.6. The Labute approximate surface area is 169 Å². The van der Waals surface area contributed by atoms with Gasteiger partial charge in [-0.2, -0.15) is 0 Å². The molecule has 3 rings (SSSR count). The van der Waals surface area contributed by atoms with E-state index in [0.717, 1.165) is 41.9 Å². The average Bonchev–Trinajstić information content (AvgIpc) is 2.98. The van der Waals surface area contributed by atoms with Gasteiger partial charge in [0.1, 0.15) is 11.8 Å². The molecule has 28 heavy (non-hydrogen) atoms. The minimum atomic E-state index is -0.572. The summed E-state index contributed by atoms with van der Waals surface area (Å²) in [6.45, 7) is 2.05. The minimum Gasteiger partial charge on any atom is -0.322 e. The van der Waals surface area contributed by atoms with Gasteiger partial charge in [0.15, 0.2) is 0 Å². The third kappa shape index (κ3) is 4.82. The number of nitrogens with zero attached hydrogens (tertiary/aromatic N) is 1. The van der Waals surface area contributed by atoms with Gasteiger partial charge in [-0.15, -0.1) is 11.8 Å². The molecule has 150 valence electrons. The van der Waals surface area contributed by atoms with Gasteiger partial charge >= 0.3 is 0 Å². The highest BCUT2D eigenvalue weighted by atomic mass is 32.2. The number of hydrogen-bond donors (Lipinski definition) is 1. The second-order valence-electron chi connectivity index (χ2n) is 7.40. The van der Waals surface area contributed by atoms with E-state index in [1.165, 1.54) is 0 Å². The Morgan fingerprint density at radius 3 is 2.71 bits per heavy atom. The lowest BCUT2D eigenvalue weighted by molar-refractivity contribution is -0.137. The Kier molecular flexibility index (Phi) is 6.88. The number of benzene rings is 1. The molecular weight excluding hydrogens is 376 g/mol. The normalized spacial score (nSPS) is 19.0. The van der Waals surface area contributed by atoms with E-state index in [2.05, 4.69) is 5.32 Å². The van der Waals surface area contributed by atoms with Crippen LogP contribution in [0.25, 0.3) is 0 Å². The molecule has 2 heterocycles. The van der Waals surface area contributed by atoms with E-state index in [1.54, 1.807) is 23.6 Å². The smallest absolute Gasteiger partial charge is 0.255 e. The van der Waals surface area contributed by atoms with Crippen LogP contribution in [0.1, 0.15) is 67.8 Å². The first-order valence-corrected chi connectivity index (χ1v) is 10.8. The highest BCUT2D eigenvalue weighted by molar-refractivity contribution is 7.99. The van der Waals surface area contributed by atoms with E-state index in [-0.39, 0.29) is 29.9 Å². The fourth-order valence-electron chi connectivity index (χ4n) is 3.70. The number of rotatable bonds is 9. The van der Waals surface area contributed by atoms with E-state index in [4.69, 9.17) is 0 Å². The fourth-order valence-corrected chi connectivity index (χ4v) is 4.80. The molecule has 2 aliphatic rings. The van der Waals surface area contributed by atoms with Crippen molar-refractivity contribution in [1.29, 1.82) is 0 Å². The highest BCUT2D eigenvalue weighted by Gasteiger charge is 2.39. The molecule has 0 saturated carbocycles. The van der Waals surface area contributed by atoms with Crippen molar-refractivity contribution in [2.45, 2.75) is 69.4 Å². The Morgan fingerprint density at radius 2 is 1.96 bits per heavy atom. The molecule has 0 radical (unpaired) electrons. The molecule has 2 aliphatic heterocycles. The molecule has 1 unspecified atom stereocenters. The van der Waals surface area contributed by atoms with Crippen LogP contribution >= 0.6 is 11.8 Å². The molecule has 6 nitrogen and oxygen atoms in total. The fraction of sp³-hybridized carbons (Fsp3) is 0.524. The number of ketones is 1. The van der Waals surface area contributed by atoms with Crippen LogP contribution in [-0.4, -0.2) is 40.2 Å². The zero-order valence-electron chi connectivity index (χ0n) is 16.2. The second-order valence-corrected chi connectivity index (χ2v) is 8.53. The SMILES string of the molecule is CC(=O)CCCCCCSc1cccc2c1CN(C1CCC(=O)NC1=O)C2=O. The molecule has 7 heteroatoms. The lowest BCUT2D eigenvalue weighted by atomic mass is 10.0. The molecule has 0 aliphatic carbocycles. The van der Waals surface area contributed by atoms with Gasteiger partial charge in [-0.1, -0.05) is 18.9 Å². The van der Waals surface area contributed by atoms with Crippen molar-refractivity contribution in [3.8, 4) is 0 Å². The number of hydrogen-bond acceptors (Lipinski definition) is 5. The summed E-state index contributed by atoms with van der Waals surface area (Å²) in [5.74, 6) is 0.432. The molecule has 1 aromatic carbocycles. The molecule has 1 fully saturated rings. The van der Waals surface area contributed by atoms with Crippen molar-refractivity contribution < 1.29 is 19.2 Å². The van der Waals surface area contributed by atoms with Crippen LogP contribution in [-0.2, 0) is 20.9 Å². The number of piperidine rings is 1. The lowest BCUT2D eigenvalue weighted by Gasteiger charge is -2.29. The number of carbonyl (C=O) groups excluding carboxylic acids is 4. The van der Waals surface area contributed by atoms with Gasteiger partial charge < -0.3 is 9.69 Å². The van der Waals surface area contributed by atoms with E-state index in [9.17, 15) is 19.2 Å². The standard InChI is InChI=1S/C21H26N2O4S/c1-14(24)7-4-2-3-5-12-28-18-9-6-8-15-16(18)13-23(21(15)27)17-10-11-19(25)22-20(17)26/h6,8-9,17H,2-5,7,10-13H2,1H3,(H,22,25,26). The van der Waals surface area contributed by atoms with Gasteiger partial charge in [-0.3, -0.25) is 19.7 Å². The number of thioether (sulfide) groups is 1. The van der Waals surface area contributed by atoms with Gasteiger partial charge in [0.25, 0.3) is 5.91 Å². The van der Waals surface area contributed by atoms with Crippen molar-refractivity contribution in [2.24, 2.45) is 0 Å². The Bertz CT molecular complexity index is 793. The molecule has 3 amide bonds. The predicted molar refractivity (Wildman–Crippen MR) is 107 cm³/mol. The molecule has 0 bridgehead atoms. The summed E-state index contributed by atoms with van der Waals surface area (Å²) < 4.78 is 0. The minimum absolute atomic E-state index is 0.129. The zero-order chi connectivity index (χ0) is 20.1. The molecule has 1 saturated heterocycles. The Balaban J connectivity index is 1.56. The summed E-state index contributed by atoms with van der Waals surface area (Å²) in [5, 5.41) is 2.34. The lowest BCUT2D eigenvalue weighted by Crippen LogP contribution is -2.52. The van der Waals surface area contributed by atoms with Gasteiger partial charge in [-0.25, -0.2) is 0 Å². The summed E-state index contributed by atoms with van der Waals surface area (Å²) in [6, 6.07) is 5.16. The van der Waals surface area contributed by atoms with Crippen LogP contribution in [0.2, 0.25) is 0 Å². The van der Waals surface area contributed by atoms with E-state index >= 15 is 0 Å². The maximum atomic E-state index is 12.8. The van der Waals surface area contributed by atoms with Crippen molar-refractivity contribution >= 4 is 35.3 Å². The molecule has 1 aromatic rings. The number of Topliss-reactive ketones (excluding diaryl/α,β-unsaturated/α-hetero) is 1. The molecule has 0 spiro atoms. The van der Waals surface area contributed by atoms with Crippen molar-refractivity contribution in [3.05, 3.63) is 29.3 Å². The largest absolute Gasteiger partial charge is 0.322 e. The number of fused-ring (bicyclic) bond motifs is 1. The second kappa shape index (κ2) is 9.37. The van der Waals surface area contributed by atoms with Gasteiger partial charge in [-0.05, 0) is 49.6 Å². The van der Waals surface area contributed by atoms with Crippen LogP contribution < -0.4 is 5.32 Å². The predicted octanol–water partition coefficient (Wildman–Crippen LogP) is 3.08. The molecule has 0 aromatic heterocycles. The van der Waals surface area contributed by atoms with E-state index < -0.39 is 6.04 Å². The van der Waals surface area contributed by atoms with Gasteiger partial charge in [0.2, 0.25) is 11.8 Å². The Hall–Kier alpha value is -2.15. The van der Waals surface area contributed by atoms with Gasteiger partial charge in [0, 0.05) is 29.8 Å². The molecular formula is C21H26N2O4S. The van der Waals surface area contributed by atoms with E-state index in [0.29, 0.717) is 24.9 Å². The summed E-state index contributed by atoms with van der Waals surface area (Å²) >= 11 is 1.74. The summed E-state index contributed by atoms with van der Waals surface area (Å²) in [4.78, 5) is 50.0. The number of unbranched alkanes of at least 4 members (excludes halogenated alkanes) is 3. The third-order valence-electron chi connectivity index (χ3n) is 5.22. The summed E-state index contributed by atoms with van der Waals surface area (Å²) in [5.41, 5.74) is 1.65. The summed E-state index contributed by atoms with van der Waals surface area (Å²) in [6.07, 6.45) is 5.49. The monoisotopic (exact) mass is 402 g/mol. The van der Waals surface area contributed by atoms with Gasteiger partial charge in [0.05, 0.1) is 0 Å². The van der Waals surface area contributed by atoms with Crippen LogP contribution in [0, 0.1) is 0 Å². The number of carbonyl (C=O) groups is 4. The molecule has 1 atom stereocenters. The maximum absolute atomic E-state index is 12.8. The third-order valence-corrected chi connectivity index (χ3v) is 6.41. The van der Waals surface area contributed by atoms with Crippen LogP contribution in [0.4, 0.5) is 0 Å². The first-order valence-electron chi connectivity index (χ1n) is 9.86. The number of amides is 3. The van der Waals surface area contributed by atoms with Crippen molar-refractivity contribution in [2.75, 3.05) is 5.75 Å². The first-order chi connectivity index (χ1) is 13.5. The maximum Gasteiger partial charge on any atom is 0.255 e. The van der Waals surface area contributed by atoms with Crippen molar-refractivity contribution in [1.82, 2.24) is 10.2 Å². The van der Waals surface area contributed by atoms with Crippen LogP contribution in [0.15, 0.2) is 23.1 Å². The van der Waals surface area contributed by atoms with Crippen LogP contribution in [0.3, 0.4) is 0 Å². The summed E-state index contributed by atoms with van der Waals surface area (Å²) in [7, 11) is 0.